The molecule has 2 rings (SSSR count). The second-order valence-corrected chi connectivity index (χ2v) is 4.46. The Morgan fingerprint density at radius 2 is 2.32 bits per heavy atom. The third-order valence-electron chi connectivity index (χ3n) is 2.36. The van der Waals surface area contributed by atoms with Gasteiger partial charge in [0.15, 0.2) is 0 Å². The van der Waals surface area contributed by atoms with Gasteiger partial charge in [-0.15, -0.1) is 11.3 Å². The number of halogens is 1. The van der Waals surface area contributed by atoms with E-state index in [2.05, 4.69) is 20.6 Å². The highest BCUT2D eigenvalue weighted by atomic mass is 32.1. The lowest BCUT2D eigenvalue weighted by atomic mass is 10.2. The molecule has 5 nitrogen and oxygen atoms in total. The first-order valence-electron chi connectivity index (χ1n) is 5.75. The summed E-state index contributed by atoms with van der Waals surface area (Å²) in [5.41, 5.74) is 2.65. The van der Waals surface area contributed by atoms with Crippen LogP contribution >= 0.6 is 11.3 Å². The van der Waals surface area contributed by atoms with Crippen molar-refractivity contribution >= 4 is 23.1 Å². The molecule has 2 aromatic rings. The van der Waals surface area contributed by atoms with E-state index in [0.717, 1.165) is 11.9 Å². The molecular weight excluding hydrogens is 267 g/mol. The van der Waals surface area contributed by atoms with Crippen LogP contribution in [-0.2, 0) is 6.54 Å². The Bertz CT molecular complexity index is 559. The van der Waals surface area contributed by atoms with Gasteiger partial charge in [0.25, 0.3) is 5.91 Å². The number of amides is 1. The maximum absolute atomic E-state index is 13.2. The van der Waals surface area contributed by atoms with Crippen LogP contribution in [0.4, 0.5) is 10.2 Å². The molecule has 0 aromatic carbocycles. The zero-order valence-corrected chi connectivity index (χ0v) is 11.1. The van der Waals surface area contributed by atoms with Crippen LogP contribution in [-0.4, -0.2) is 22.4 Å². The van der Waals surface area contributed by atoms with Gasteiger partial charge >= 0.3 is 0 Å². The summed E-state index contributed by atoms with van der Waals surface area (Å²) >= 11 is 1.45. The molecular formula is C12H13FN4OS. The highest BCUT2D eigenvalue weighted by Crippen LogP contribution is 2.13. The van der Waals surface area contributed by atoms with E-state index >= 15 is 0 Å². The van der Waals surface area contributed by atoms with Gasteiger partial charge in [0.05, 0.1) is 29.5 Å². The van der Waals surface area contributed by atoms with Gasteiger partial charge in [0.1, 0.15) is 11.6 Å². The monoisotopic (exact) mass is 280 g/mol. The number of rotatable bonds is 5. The largest absolute Gasteiger partial charge is 0.370 e. The van der Waals surface area contributed by atoms with Crippen LogP contribution in [0.15, 0.2) is 23.2 Å². The molecule has 100 valence electrons. The Labute approximate surface area is 113 Å². The SMILES string of the molecule is CCNc1ncc(F)cc1C(=O)NCc1cscn1. The second-order valence-electron chi connectivity index (χ2n) is 3.74. The van der Waals surface area contributed by atoms with E-state index in [1.807, 2.05) is 12.3 Å². The van der Waals surface area contributed by atoms with Gasteiger partial charge in [-0.05, 0) is 13.0 Å². The molecule has 0 aliphatic rings. The topological polar surface area (TPSA) is 66.9 Å². The van der Waals surface area contributed by atoms with Crippen molar-refractivity contribution in [3.05, 3.63) is 40.2 Å². The van der Waals surface area contributed by atoms with E-state index < -0.39 is 5.82 Å². The molecule has 2 heterocycles. The molecule has 0 saturated carbocycles. The molecule has 2 aromatic heterocycles. The van der Waals surface area contributed by atoms with E-state index in [1.165, 1.54) is 17.4 Å². The molecule has 0 spiro atoms. The lowest BCUT2D eigenvalue weighted by Gasteiger charge is -2.09. The van der Waals surface area contributed by atoms with Crippen molar-refractivity contribution in [2.45, 2.75) is 13.5 Å². The maximum atomic E-state index is 13.2. The van der Waals surface area contributed by atoms with Gasteiger partial charge in [0, 0.05) is 11.9 Å². The minimum Gasteiger partial charge on any atom is -0.370 e. The molecule has 0 fully saturated rings. The summed E-state index contributed by atoms with van der Waals surface area (Å²) in [5, 5.41) is 7.45. The Kier molecular flexibility index (Phi) is 4.40. The smallest absolute Gasteiger partial charge is 0.255 e. The summed E-state index contributed by atoms with van der Waals surface area (Å²) in [6, 6.07) is 1.17. The van der Waals surface area contributed by atoms with Crippen molar-refractivity contribution < 1.29 is 9.18 Å². The fourth-order valence-corrected chi connectivity index (χ4v) is 2.07. The number of pyridine rings is 1. The molecule has 0 aliphatic carbocycles. The van der Waals surface area contributed by atoms with Crippen molar-refractivity contribution in [1.82, 2.24) is 15.3 Å². The van der Waals surface area contributed by atoms with Crippen LogP contribution in [0.5, 0.6) is 0 Å². The van der Waals surface area contributed by atoms with Crippen LogP contribution in [0, 0.1) is 5.82 Å². The number of nitrogens with one attached hydrogen (secondary N) is 2. The number of aromatic nitrogens is 2. The molecule has 1 amide bonds. The summed E-state index contributed by atoms with van der Waals surface area (Å²) in [6.07, 6.45) is 1.08. The fourth-order valence-electron chi connectivity index (χ4n) is 1.51. The van der Waals surface area contributed by atoms with Crippen molar-refractivity contribution in [1.29, 1.82) is 0 Å². The van der Waals surface area contributed by atoms with Gasteiger partial charge in [-0.3, -0.25) is 4.79 Å². The van der Waals surface area contributed by atoms with Gasteiger partial charge in [0.2, 0.25) is 0 Å². The lowest BCUT2D eigenvalue weighted by Crippen LogP contribution is -2.24. The molecule has 0 atom stereocenters. The van der Waals surface area contributed by atoms with Crippen molar-refractivity contribution in [2.24, 2.45) is 0 Å². The van der Waals surface area contributed by atoms with Crippen molar-refractivity contribution in [3.8, 4) is 0 Å². The van der Waals surface area contributed by atoms with Crippen molar-refractivity contribution in [2.75, 3.05) is 11.9 Å². The van der Waals surface area contributed by atoms with E-state index in [9.17, 15) is 9.18 Å². The number of carbonyl (C=O) groups is 1. The number of hydrogen-bond donors (Lipinski definition) is 2. The predicted octanol–water partition coefficient (Wildman–Crippen LogP) is 2.04. The van der Waals surface area contributed by atoms with Gasteiger partial charge in [-0.2, -0.15) is 0 Å². The molecule has 0 saturated heterocycles. The van der Waals surface area contributed by atoms with E-state index in [-0.39, 0.29) is 11.5 Å². The molecule has 2 N–H and O–H groups in total. The maximum Gasteiger partial charge on any atom is 0.255 e. The summed E-state index contributed by atoms with van der Waals surface area (Å²) in [4.78, 5) is 19.9. The second kappa shape index (κ2) is 6.24. The first-order chi connectivity index (χ1) is 9.20. The number of anilines is 1. The normalized spacial score (nSPS) is 10.2. The summed E-state index contributed by atoms with van der Waals surface area (Å²) < 4.78 is 13.2. The van der Waals surface area contributed by atoms with Crippen molar-refractivity contribution in [3.63, 3.8) is 0 Å². The molecule has 0 radical (unpaired) electrons. The highest BCUT2D eigenvalue weighted by molar-refractivity contribution is 7.07. The standard InChI is InChI=1S/C12H13FN4OS/c1-2-14-11-10(3-8(13)4-15-11)12(18)16-5-9-6-19-7-17-9/h3-4,6-7H,2,5H2,1H3,(H,14,15)(H,16,18). The fraction of sp³-hybridized carbons (Fsp3) is 0.250. The Morgan fingerprint density at radius 3 is 3.00 bits per heavy atom. The van der Waals surface area contributed by atoms with Gasteiger partial charge in [-0.1, -0.05) is 0 Å². The molecule has 0 unspecified atom stereocenters. The molecule has 0 aliphatic heterocycles. The summed E-state index contributed by atoms with van der Waals surface area (Å²) in [5.74, 6) is -0.545. The zero-order valence-electron chi connectivity index (χ0n) is 10.3. The average molecular weight is 280 g/mol. The van der Waals surface area contributed by atoms with E-state index in [1.54, 1.807) is 5.51 Å². The van der Waals surface area contributed by atoms with Gasteiger partial charge < -0.3 is 10.6 Å². The minimum atomic E-state index is -0.541. The summed E-state index contributed by atoms with van der Waals surface area (Å²) in [6.45, 7) is 2.79. The van der Waals surface area contributed by atoms with E-state index in [4.69, 9.17) is 0 Å². The highest BCUT2D eigenvalue weighted by Gasteiger charge is 2.13. The van der Waals surface area contributed by atoms with Crippen LogP contribution < -0.4 is 10.6 Å². The first-order valence-corrected chi connectivity index (χ1v) is 6.69. The number of nitrogens with zero attached hydrogens (tertiary/aromatic N) is 2. The molecule has 19 heavy (non-hydrogen) atoms. The minimum absolute atomic E-state index is 0.192. The Morgan fingerprint density at radius 1 is 1.47 bits per heavy atom. The molecule has 0 bridgehead atoms. The van der Waals surface area contributed by atoms with E-state index in [0.29, 0.717) is 18.9 Å². The first kappa shape index (κ1) is 13.4. The predicted molar refractivity (Wildman–Crippen MR) is 71.6 cm³/mol. The third-order valence-corrected chi connectivity index (χ3v) is 2.99. The number of hydrogen-bond acceptors (Lipinski definition) is 5. The van der Waals surface area contributed by atoms with Crippen LogP contribution in [0.3, 0.4) is 0 Å². The number of carbonyl (C=O) groups excluding carboxylic acids is 1. The number of thiazole rings is 1. The van der Waals surface area contributed by atoms with Crippen LogP contribution in [0.25, 0.3) is 0 Å². The Balaban J connectivity index is 2.11. The molecule has 7 heteroatoms. The summed E-state index contributed by atoms with van der Waals surface area (Å²) in [7, 11) is 0. The lowest BCUT2D eigenvalue weighted by molar-refractivity contribution is 0.0950. The Hall–Kier alpha value is -2.02. The third kappa shape index (κ3) is 3.47. The quantitative estimate of drug-likeness (QED) is 0.879. The van der Waals surface area contributed by atoms with Crippen LogP contribution in [0.2, 0.25) is 0 Å². The average Bonchev–Trinajstić information content (AvgIpc) is 2.91. The van der Waals surface area contributed by atoms with Crippen LogP contribution in [0.1, 0.15) is 23.0 Å². The van der Waals surface area contributed by atoms with Gasteiger partial charge in [-0.25, -0.2) is 14.4 Å². The zero-order chi connectivity index (χ0) is 13.7.